The summed E-state index contributed by atoms with van der Waals surface area (Å²) in [4.78, 5) is 32.1. The molecular formula is C29H25FN4O4S2. The van der Waals surface area contributed by atoms with Gasteiger partial charge in [-0.15, -0.1) is 10.2 Å². The molecule has 0 aliphatic carbocycles. The first-order valence-corrected chi connectivity index (χ1v) is 14.4. The van der Waals surface area contributed by atoms with Crippen molar-refractivity contribution in [2.45, 2.75) is 35.9 Å². The van der Waals surface area contributed by atoms with Gasteiger partial charge >= 0.3 is 5.91 Å². The summed E-state index contributed by atoms with van der Waals surface area (Å²) in [6, 6.07) is 15.4. The average molecular weight is 577 g/mol. The van der Waals surface area contributed by atoms with Crippen molar-refractivity contribution in [1.82, 2.24) is 15.2 Å². The number of hydrogen-bond donors (Lipinski definition) is 1. The Morgan fingerprint density at radius 1 is 1.10 bits per heavy atom. The minimum absolute atomic E-state index is 0.0617. The zero-order chi connectivity index (χ0) is 28.1. The number of amides is 1. The van der Waals surface area contributed by atoms with Crippen molar-refractivity contribution in [3.63, 3.8) is 0 Å². The first-order valence-electron chi connectivity index (χ1n) is 12.6. The molecule has 0 bridgehead atoms. The van der Waals surface area contributed by atoms with Crippen LogP contribution in [-0.4, -0.2) is 38.6 Å². The molecule has 1 aliphatic heterocycles. The molecule has 8 nitrogen and oxygen atoms in total. The van der Waals surface area contributed by atoms with Crippen LogP contribution in [0.3, 0.4) is 0 Å². The molecule has 1 unspecified atom stereocenters. The molecule has 1 amide bonds. The number of halogens is 1. The van der Waals surface area contributed by atoms with Crippen LogP contribution < -0.4 is 9.64 Å². The molecule has 1 saturated heterocycles. The number of ether oxygens (including phenoxy) is 1. The van der Waals surface area contributed by atoms with Gasteiger partial charge in [0, 0.05) is 23.7 Å². The monoisotopic (exact) mass is 576 g/mol. The molecule has 0 radical (unpaired) electrons. The van der Waals surface area contributed by atoms with Gasteiger partial charge in [-0.2, -0.15) is 0 Å². The van der Waals surface area contributed by atoms with Crippen molar-refractivity contribution >= 4 is 45.7 Å². The molecule has 40 heavy (non-hydrogen) atoms. The van der Waals surface area contributed by atoms with Crippen molar-refractivity contribution in [1.29, 1.82) is 0 Å². The first kappa shape index (κ1) is 27.5. The van der Waals surface area contributed by atoms with Gasteiger partial charge in [0.05, 0.1) is 18.2 Å². The number of carbonyl (C=O) groups is 2. The van der Waals surface area contributed by atoms with E-state index < -0.39 is 17.7 Å². The SMILES string of the molecule is CCCCOc1ccc(/C(O)=C2/C(=O)C(=O)N(c3nnc(SCc4ccc(F)cc4)s3)C2c2cccnc2)cc1. The highest BCUT2D eigenvalue weighted by Gasteiger charge is 2.48. The highest BCUT2D eigenvalue weighted by molar-refractivity contribution is 8.00. The molecule has 11 heteroatoms. The van der Waals surface area contributed by atoms with Gasteiger partial charge in [-0.25, -0.2) is 4.39 Å². The van der Waals surface area contributed by atoms with E-state index in [1.807, 2.05) is 0 Å². The zero-order valence-electron chi connectivity index (χ0n) is 21.5. The number of benzene rings is 2. The number of nitrogens with zero attached hydrogens (tertiary/aromatic N) is 4. The fraction of sp³-hybridized carbons (Fsp3) is 0.207. The summed E-state index contributed by atoms with van der Waals surface area (Å²) >= 11 is 2.54. The molecule has 2 aromatic carbocycles. The number of Topliss-reactive ketones (excluding diaryl/α,β-unsaturated/α-hetero) is 1. The predicted octanol–water partition coefficient (Wildman–Crippen LogP) is 6.17. The van der Waals surface area contributed by atoms with E-state index >= 15 is 0 Å². The lowest BCUT2D eigenvalue weighted by molar-refractivity contribution is -0.132. The van der Waals surface area contributed by atoms with Crippen molar-refractivity contribution < 1.29 is 23.8 Å². The van der Waals surface area contributed by atoms with Gasteiger partial charge in [0.15, 0.2) is 4.34 Å². The number of aliphatic hydroxyl groups excluding tert-OH is 1. The standard InChI is InChI=1S/C29H25FN4O4S2/c1-2-3-15-38-22-12-8-19(9-13-22)25(35)23-24(20-5-4-14-31-16-20)34(27(37)26(23)36)28-32-33-29(40-28)39-17-18-6-10-21(30)11-7-18/h4-14,16,24,35H,2-3,15,17H2,1H3/b25-23-. The van der Waals surface area contributed by atoms with E-state index in [2.05, 4.69) is 22.1 Å². The molecule has 0 spiro atoms. The Morgan fingerprint density at radius 3 is 2.58 bits per heavy atom. The summed E-state index contributed by atoms with van der Waals surface area (Å²) in [5.74, 6) is -1.09. The summed E-state index contributed by atoms with van der Waals surface area (Å²) in [7, 11) is 0. The number of pyridine rings is 1. The Labute approximate surface area is 238 Å². The third kappa shape index (κ3) is 5.90. The second-order valence-corrected chi connectivity index (χ2v) is 11.1. The van der Waals surface area contributed by atoms with Gasteiger partial charge in [0.1, 0.15) is 17.3 Å². The molecule has 2 aromatic heterocycles. The topological polar surface area (TPSA) is 106 Å². The van der Waals surface area contributed by atoms with Crippen molar-refractivity contribution in [3.05, 3.63) is 101 Å². The molecule has 0 saturated carbocycles. The molecule has 1 fully saturated rings. The van der Waals surface area contributed by atoms with Crippen LogP contribution in [0.4, 0.5) is 9.52 Å². The maximum absolute atomic E-state index is 13.3. The highest BCUT2D eigenvalue weighted by atomic mass is 32.2. The molecule has 1 atom stereocenters. The van der Waals surface area contributed by atoms with E-state index in [1.165, 1.54) is 28.8 Å². The number of anilines is 1. The summed E-state index contributed by atoms with van der Waals surface area (Å²) in [5, 5.41) is 19.9. The number of carbonyl (C=O) groups excluding carboxylic acids is 2. The third-order valence-electron chi connectivity index (χ3n) is 6.22. The Balaban J connectivity index is 1.46. The predicted molar refractivity (Wildman–Crippen MR) is 152 cm³/mol. The van der Waals surface area contributed by atoms with Gasteiger partial charge in [0.25, 0.3) is 5.78 Å². The van der Waals surface area contributed by atoms with E-state index in [-0.39, 0.29) is 22.3 Å². The van der Waals surface area contributed by atoms with Crippen LogP contribution in [0.1, 0.15) is 42.5 Å². The summed E-state index contributed by atoms with van der Waals surface area (Å²) in [6.45, 7) is 2.66. The number of ketones is 1. The number of rotatable bonds is 10. The molecule has 3 heterocycles. The highest BCUT2D eigenvalue weighted by Crippen LogP contribution is 2.44. The minimum atomic E-state index is -0.947. The normalized spacial score (nSPS) is 16.4. The molecule has 4 aromatic rings. The largest absolute Gasteiger partial charge is 0.507 e. The number of hydrogen-bond acceptors (Lipinski definition) is 9. The van der Waals surface area contributed by atoms with Crippen LogP contribution in [0.5, 0.6) is 5.75 Å². The van der Waals surface area contributed by atoms with Crippen LogP contribution in [-0.2, 0) is 15.3 Å². The van der Waals surface area contributed by atoms with Crippen LogP contribution in [0.2, 0.25) is 0 Å². The quantitative estimate of drug-likeness (QED) is 0.0597. The summed E-state index contributed by atoms with van der Waals surface area (Å²) < 4.78 is 19.5. The van der Waals surface area contributed by atoms with E-state index in [1.54, 1.807) is 60.9 Å². The van der Waals surface area contributed by atoms with Crippen molar-refractivity contribution in [2.24, 2.45) is 0 Å². The second-order valence-electron chi connectivity index (χ2n) is 8.95. The number of aromatic nitrogens is 3. The second kappa shape index (κ2) is 12.4. The number of aliphatic hydroxyl groups is 1. The molecule has 1 N–H and O–H groups in total. The van der Waals surface area contributed by atoms with Crippen LogP contribution in [0.15, 0.2) is 83.0 Å². The molecule has 1 aliphatic rings. The maximum atomic E-state index is 13.3. The Morgan fingerprint density at radius 2 is 1.88 bits per heavy atom. The van der Waals surface area contributed by atoms with E-state index in [4.69, 9.17) is 4.74 Å². The first-order chi connectivity index (χ1) is 19.5. The van der Waals surface area contributed by atoms with E-state index in [0.717, 1.165) is 29.7 Å². The fourth-order valence-electron chi connectivity index (χ4n) is 4.17. The minimum Gasteiger partial charge on any atom is -0.507 e. The fourth-order valence-corrected chi connectivity index (χ4v) is 5.99. The molecular weight excluding hydrogens is 551 g/mol. The molecule has 204 valence electrons. The zero-order valence-corrected chi connectivity index (χ0v) is 23.1. The van der Waals surface area contributed by atoms with Crippen LogP contribution >= 0.6 is 23.1 Å². The third-order valence-corrected chi connectivity index (χ3v) is 8.34. The summed E-state index contributed by atoms with van der Waals surface area (Å²) in [5.41, 5.74) is 1.76. The Hall–Kier alpha value is -4.09. The van der Waals surface area contributed by atoms with Crippen LogP contribution in [0, 0.1) is 5.82 Å². The van der Waals surface area contributed by atoms with Crippen molar-refractivity contribution in [2.75, 3.05) is 11.5 Å². The number of unbranched alkanes of at least 4 members (excludes halogenated alkanes) is 1. The van der Waals surface area contributed by atoms with Gasteiger partial charge in [-0.05, 0) is 60.0 Å². The Bertz CT molecular complexity index is 1530. The van der Waals surface area contributed by atoms with Crippen LogP contribution in [0.25, 0.3) is 5.76 Å². The van der Waals surface area contributed by atoms with Gasteiger partial charge in [-0.1, -0.05) is 54.6 Å². The van der Waals surface area contributed by atoms with E-state index in [9.17, 15) is 19.1 Å². The average Bonchev–Trinajstić information content (AvgIpc) is 3.55. The van der Waals surface area contributed by atoms with Gasteiger partial charge in [0.2, 0.25) is 5.13 Å². The van der Waals surface area contributed by atoms with Gasteiger partial charge < -0.3 is 9.84 Å². The summed E-state index contributed by atoms with van der Waals surface area (Å²) in [6.07, 6.45) is 5.07. The molecule has 5 rings (SSSR count). The maximum Gasteiger partial charge on any atom is 0.301 e. The Kier molecular flexibility index (Phi) is 8.51. The van der Waals surface area contributed by atoms with E-state index in [0.29, 0.717) is 33.6 Å². The lowest BCUT2D eigenvalue weighted by atomic mass is 9.96. The lowest BCUT2D eigenvalue weighted by Crippen LogP contribution is -2.29. The number of thioether (sulfide) groups is 1. The lowest BCUT2D eigenvalue weighted by Gasteiger charge is -2.22. The smallest absolute Gasteiger partial charge is 0.301 e. The van der Waals surface area contributed by atoms with Crippen molar-refractivity contribution in [3.8, 4) is 5.75 Å². The van der Waals surface area contributed by atoms with Gasteiger partial charge in [-0.3, -0.25) is 19.5 Å².